The number of hydrogen-bond acceptors (Lipinski definition) is 4. The van der Waals surface area contributed by atoms with Gasteiger partial charge in [0.1, 0.15) is 0 Å². The van der Waals surface area contributed by atoms with E-state index in [1.165, 1.54) is 20.3 Å². The Balaban J connectivity index is 1.86. The van der Waals surface area contributed by atoms with E-state index in [4.69, 9.17) is 21.1 Å². The van der Waals surface area contributed by atoms with Gasteiger partial charge in [-0.3, -0.25) is 9.89 Å². The van der Waals surface area contributed by atoms with E-state index in [2.05, 4.69) is 15.5 Å². The summed E-state index contributed by atoms with van der Waals surface area (Å²) < 4.78 is 10.4. The Kier molecular flexibility index (Phi) is 4.90. The minimum absolute atomic E-state index is 0.301. The molecule has 0 atom stereocenters. The van der Waals surface area contributed by atoms with E-state index in [0.29, 0.717) is 27.8 Å². The van der Waals surface area contributed by atoms with Gasteiger partial charge >= 0.3 is 0 Å². The van der Waals surface area contributed by atoms with Gasteiger partial charge in [0, 0.05) is 23.0 Å². The monoisotopic (exact) mass is 357 g/mol. The number of nitrogens with zero attached hydrogens (tertiary/aromatic N) is 1. The Labute approximate surface area is 149 Å². The molecule has 1 amide bonds. The van der Waals surface area contributed by atoms with Crippen molar-refractivity contribution in [3.8, 4) is 22.8 Å². The van der Waals surface area contributed by atoms with E-state index in [1.807, 2.05) is 24.3 Å². The fraction of sp³-hybridized carbons (Fsp3) is 0.111. The molecule has 0 saturated carbocycles. The zero-order chi connectivity index (χ0) is 17.8. The first-order chi connectivity index (χ1) is 12.1. The Morgan fingerprint density at radius 2 is 2.00 bits per heavy atom. The topological polar surface area (TPSA) is 76.2 Å². The van der Waals surface area contributed by atoms with E-state index in [9.17, 15) is 4.79 Å². The maximum absolute atomic E-state index is 12.5. The Hall–Kier alpha value is -2.99. The molecule has 1 aromatic heterocycles. The number of carbonyl (C=O) groups excluding carboxylic acids is 1. The van der Waals surface area contributed by atoms with Crippen molar-refractivity contribution in [3.05, 3.63) is 59.2 Å². The van der Waals surface area contributed by atoms with Crippen molar-refractivity contribution >= 4 is 23.2 Å². The third-order valence-corrected chi connectivity index (χ3v) is 3.91. The number of nitrogens with one attached hydrogen (secondary N) is 2. The molecule has 2 aromatic carbocycles. The Morgan fingerprint density at radius 3 is 2.68 bits per heavy atom. The van der Waals surface area contributed by atoms with Gasteiger partial charge in [0.15, 0.2) is 11.5 Å². The molecular formula is C18H16ClN3O3. The van der Waals surface area contributed by atoms with Crippen molar-refractivity contribution in [2.24, 2.45) is 0 Å². The quantitative estimate of drug-likeness (QED) is 0.723. The average Bonchev–Trinajstić information content (AvgIpc) is 3.15. The summed E-state index contributed by atoms with van der Waals surface area (Å²) in [5.74, 6) is 0.484. The Morgan fingerprint density at radius 1 is 1.16 bits per heavy atom. The number of H-pyrrole nitrogens is 1. The maximum Gasteiger partial charge on any atom is 0.255 e. The van der Waals surface area contributed by atoms with Gasteiger partial charge < -0.3 is 14.8 Å². The summed E-state index contributed by atoms with van der Waals surface area (Å²) in [6.07, 6.45) is 1.67. The number of hydrogen-bond donors (Lipinski definition) is 2. The van der Waals surface area contributed by atoms with Crippen LogP contribution in [0.4, 0.5) is 5.69 Å². The standard InChI is InChI=1S/C18H16ClN3O3/c1-24-16-10-12(9-14(19)17(16)25-2)18(23)21-13-5-3-4-11(8-13)15-6-7-20-22-15/h3-10H,1-2H3,(H,20,22)(H,21,23). The number of carbonyl (C=O) groups is 1. The van der Waals surface area contributed by atoms with Crippen molar-refractivity contribution in [2.45, 2.75) is 0 Å². The highest BCUT2D eigenvalue weighted by Gasteiger charge is 2.15. The number of methoxy groups -OCH3 is 2. The summed E-state index contributed by atoms with van der Waals surface area (Å²) >= 11 is 6.16. The second-order valence-corrected chi connectivity index (χ2v) is 5.61. The molecule has 0 bridgehead atoms. The van der Waals surface area contributed by atoms with Crippen LogP contribution in [0.5, 0.6) is 11.5 Å². The number of rotatable bonds is 5. The second-order valence-electron chi connectivity index (χ2n) is 5.20. The summed E-state index contributed by atoms with van der Waals surface area (Å²) in [7, 11) is 2.98. The SMILES string of the molecule is COc1cc(C(=O)Nc2cccc(-c3ccn[nH]3)c2)cc(Cl)c1OC. The summed E-state index contributed by atoms with van der Waals surface area (Å²) in [5.41, 5.74) is 2.81. The lowest BCUT2D eigenvalue weighted by atomic mass is 10.1. The van der Waals surface area contributed by atoms with Crippen LogP contribution in [0, 0.1) is 0 Å². The molecule has 0 radical (unpaired) electrons. The molecule has 1 heterocycles. The summed E-state index contributed by atoms with van der Waals surface area (Å²) in [6.45, 7) is 0. The van der Waals surface area contributed by atoms with Crippen LogP contribution in [0.3, 0.4) is 0 Å². The molecule has 0 aliphatic heterocycles. The van der Waals surface area contributed by atoms with Crippen LogP contribution in [0.25, 0.3) is 11.3 Å². The van der Waals surface area contributed by atoms with E-state index >= 15 is 0 Å². The van der Waals surface area contributed by atoms with Crippen LogP contribution in [-0.2, 0) is 0 Å². The number of halogens is 1. The third-order valence-electron chi connectivity index (χ3n) is 3.63. The number of benzene rings is 2. The van der Waals surface area contributed by atoms with Crippen LogP contribution < -0.4 is 14.8 Å². The fourth-order valence-electron chi connectivity index (χ4n) is 2.43. The minimum atomic E-state index is -0.301. The molecule has 2 N–H and O–H groups in total. The number of amides is 1. The fourth-order valence-corrected chi connectivity index (χ4v) is 2.72. The second kappa shape index (κ2) is 7.27. The highest BCUT2D eigenvalue weighted by Crippen LogP contribution is 2.36. The molecule has 0 aliphatic rings. The van der Waals surface area contributed by atoms with Crippen LogP contribution in [0.15, 0.2) is 48.7 Å². The summed E-state index contributed by atoms with van der Waals surface area (Å²) in [4.78, 5) is 12.5. The molecule has 0 aliphatic carbocycles. The van der Waals surface area contributed by atoms with Crippen LogP contribution in [-0.4, -0.2) is 30.3 Å². The minimum Gasteiger partial charge on any atom is -0.493 e. The molecule has 6 nitrogen and oxygen atoms in total. The van der Waals surface area contributed by atoms with Crippen molar-refractivity contribution in [1.29, 1.82) is 0 Å². The van der Waals surface area contributed by atoms with Gasteiger partial charge in [0.25, 0.3) is 5.91 Å². The predicted octanol–water partition coefficient (Wildman–Crippen LogP) is 4.00. The lowest BCUT2D eigenvalue weighted by molar-refractivity contribution is 0.102. The first kappa shape index (κ1) is 16.9. The number of anilines is 1. The molecule has 7 heteroatoms. The lowest BCUT2D eigenvalue weighted by Crippen LogP contribution is -2.12. The predicted molar refractivity (Wildman–Crippen MR) is 96.5 cm³/mol. The molecular weight excluding hydrogens is 342 g/mol. The molecule has 25 heavy (non-hydrogen) atoms. The van der Waals surface area contributed by atoms with Crippen molar-refractivity contribution < 1.29 is 14.3 Å². The molecule has 3 aromatic rings. The first-order valence-corrected chi connectivity index (χ1v) is 7.83. The van der Waals surface area contributed by atoms with Gasteiger partial charge in [0.05, 0.1) is 24.9 Å². The highest BCUT2D eigenvalue weighted by molar-refractivity contribution is 6.32. The van der Waals surface area contributed by atoms with Gasteiger partial charge in [-0.05, 0) is 30.3 Å². The molecule has 0 spiro atoms. The van der Waals surface area contributed by atoms with Gasteiger partial charge in [-0.15, -0.1) is 0 Å². The number of aromatic amines is 1. The van der Waals surface area contributed by atoms with Gasteiger partial charge in [-0.2, -0.15) is 5.10 Å². The third kappa shape index (κ3) is 3.59. The van der Waals surface area contributed by atoms with Crippen molar-refractivity contribution in [3.63, 3.8) is 0 Å². The zero-order valence-electron chi connectivity index (χ0n) is 13.7. The Bertz CT molecular complexity index is 895. The zero-order valence-corrected chi connectivity index (χ0v) is 14.4. The average molecular weight is 358 g/mol. The largest absolute Gasteiger partial charge is 0.493 e. The van der Waals surface area contributed by atoms with E-state index in [1.54, 1.807) is 18.3 Å². The van der Waals surface area contributed by atoms with E-state index < -0.39 is 0 Å². The van der Waals surface area contributed by atoms with Crippen LogP contribution in [0.1, 0.15) is 10.4 Å². The molecule has 128 valence electrons. The molecule has 0 saturated heterocycles. The van der Waals surface area contributed by atoms with Crippen LogP contribution in [0.2, 0.25) is 5.02 Å². The molecule has 0 fully saturated rings. The molecule has 3 rings (SSSR count). The van der Waals surface area contributed by atoms with Crippen molar-refractivity contribution in [2.75, 3.05) is 19.5 Å². The molecule has 0 unspecified atom stereocenters. The lowest BCUT2D eigenvalue weighted by Gasteiger charge is -2.12. The van der Waals surface area contributed by atoms with Gasteiger partial charge in [0.2, 0.25) is 0 Å². The van der Waals surface area contributed by atoms with Gasteiger partial charge in [-0.1, -0.05) is 23.7 Å². The maximum atomic E-state index is 12.5. The summed E-state index contributed by atoms with van der Waals surface area (Å²) in [6, 6.07) is 12.4. The van der Waals surface area contributed by atoms with Crippen molar-refractivity contribution in [1.82, 2.24) is 10.2 Å². The first-order valence-electron chi connectivity index (χ1n) is 7.45. The van der Waals surface area contributed by atoms with E-state index in [0.717, 1.165) is 11.3 Å². The van der Waals surface area contributed by atoms with Gasteiger partial charge in [-0.25, -0.2) is 0 Å². The number of ether oxygens (including phenoxy) is 2. The van der Waals surface area contributed by atoms with E-state index in [-0.39, 0.29) is 5.91 Å². The normalized spacial score (nSPS) is 10.4. The highest BCUT2D eigenvalue weighted by atomic mass is 35.5. The number of aromatic nitrogens is 2. The smallest absolute Gasteiger partial charge is 0.255 e. The van der Waals surface area contributed by atoms with Crippen LogP contribution >= 0.6 is 11.6 Å². The summed E-state index contributed by atoms with van der Waals surface area (Å²) in [5, 5.41) is 9.97.